The summed E-state index contributed by atoms with van der Waals surface area (Å²) in [5.74, 6) is 0.820. The monoisotopic (exact) mass is 499 g/mol. The van der Waals surface area contributed by atoms with E-state index in [1.165, 1.54) is 23.9 Å². The first-order valence-electron chi connectivity index (χ1n) is 9.98. The van der Waals surface area contributed by atoms with Crippen LogP contribution in [-0.2, 0) is 17.9 Å². The van der Waals surface area contributed by atoms with E-state index in [-0.39, 0.29) is 18.3 Å². The van der Waals surface area contributed by atoms with Crippen molar-refractivity contribution < 1.29 is 18.7 Å². The predicted octanol–water partition coefficient (Wildman–Crippen LogP) is 6.47. The Bertz CT molecular complexity index is 1210. The largest absolute Gasteiger partial charge is 0.497 e. The van der Waals surface area contributed by atoms with Gasteiger partial charge in [0.25, 0.3) is 5.91 Å². The summed E-state index contributed by atoms with van der Waals surface area (Å²) in [6.45, 7) is 0.659. The molecule has 0 spiro atoms. The molecule has 0 saturated carbocycles. The van der Waals surface area contributed by atoms with Crippen molar-refractivity contribution in [3.8, 4) is 11.5 Å². The smallest absolute Gasteiger partial charge is 0.266 e. The molecule has 1 aliphatic heterocycles. The Morgan fingerprint density at radius 3 is 2.42 bits per heavy atom. The SMILES string of the molecule is COc1ccc(CN2C(=O)/C(=C/c3ccc(OCc4ccc(F)cc4)c(Cl)c3)SC2=S)cc1. The number of amides is 1. The van der Waals surface area contributed by atoms with Gasteiger partial charge < -0.3 is 9.47 Å². The van der Waals surface area contributed by atoms with Crippen LogP contribution in [0.15, 0.2) is 71.6 Å². The van der Waals surface area contributed by atoms with E-state index in [9.17, 15) is 9.18 Å². The van der Waals surface area contributed by atoms with Crippen LogP contribution in [0.25, 0.3) is 6.08 Å². The molecule has 0 unspecified atom stereocenters. The maximum absolute atomic E-state index is 13.0. The van der Waals surface area contributed by atoms with Crippen molar-refractivity contribution in [2.75, 3.05) is 7.11 Å². The molecule has 4 rings (SSSR count). The Morgan fingerprint density at radius 2 is 1.76 bits per heavy atom. The number of halogens is 2. The van der Waals surface area contributed by atoms with Crippen LogP contribution in [0.1, 0.15) is 16.7 Å². The molecule has 4 nitrogen and oxygen atoms in total. The zero-order valence-corrected chi connectivity index (χ0v) is 20.0. The van der Waals surface area contributed by atoms with Gasteiger partial charge in [-0.25, -0.2) is 4.39 Å². The molecule has 1 amide bonds. The average molecular weight is 500 g/mol. The van der Waals surface area contributed by atoms with Crippen molar-refractivity contribution in [1.29, 1.82) is 0 Å². The molecule has 0 N–H and O–H groups in total. The van der Waals surface area contributed by atoms with Crippen LogP contribution in [0.4, 0.5) is 4.39 Å². The minimum Gasteiger partial charge on any atom is -0.497 e. The van der Waals surface area contributed by atoms with E-state index in [2.05, 4.69) is 0 Å². The predicted molar refractivity (Wildman–Crippen MR) is 134 cm³/mol. The number of carbonyl (C=O) groups excluding carboxylic acids is 1. The molecule has 8 heteroatoms. The summed E-state index contributed by atoms with van der Waals surface area (Å²) in [4.78, 5) is 15.0. The highest BCUT2D eigenvalue weighted by Gasteiger charge is 2.32. The van der Waals surface area contributed by atoms with Crippen LogP contribution in [0, 0.1) is 5.82 Å². The fraction of sp³-hybridized carbons (Fsp3) is 0.120. The molecule has 0 radical (unpaired) electrons. The number of hydrogen-bond acceptors (Lipinski definition) is 5. The van der Waals surface area contributed by atoms with Crippen molar-refractivity contribution in [3.63, 3.8) is 0 Å². The van der Waals surface area contributed by atoms with Crippen molar-refractivity contribution in [2.45, 2.75) is 13.2 Å². The second kappa shape index (κ2) is 10.4. The number of benzene rings is 3. The molecule has 33 heavy (non-hydrogen) atoms. The standard InChI is InChI=1S/C25H19ClFNO3S2/c1-30-20-9-4-16(5-10-20)14-28-24(29)23(33-25(28)32)13-18-6-11-22(21(26)12-18)31-15-17-2-7-19(27)8-3-17/h2-13H,14-15H2,1H3/b23-13-. The van der Waals surface area contributed by atoms with Crippen LogP contribution < -0.4 is 9.47 Å². The van der Waals surface area contributed by atoms with E-state index in [1.54, 1.807) is 42.4 Å². The zero-order valence-electron chi connectivity index (χ0n) is 17.6. The third-order valence-electron chi connectivity index (χ3n) is 4.93. The van der Waals surface area contributed by atoms with E-state index in [0.29, 0.717) is 26.5 Å². The number of rotatable bonds is 7. The topological polar surface area (TPSA) is 38.8 Å². The highest BCUT2D eigenvalue weighted by Crippen LogP contribution is 2.35. The fourth-order valence-electron chi connectivity index (χ4n) is 3.17. The molecule has 1 fully saturated rings. The number of thiocarbonyl (C=S) groups is 1. The number of carbonyl (C=O) groups is 1. The van der Waals surface area contributed by atoms with Crippen molar-refractivity contribution in [1.82, 2.24) is 4.90 Å². The Kier molecular flexibility index (Phi) is 7.33. The summed E-state index contributed by atoms with van der Waals surface area (Å²) in [7, 11) is 1.61. The van der Waals surface area contributed by atoms with Gasteiger partial charge >= 0.3 is 0 Å². The lowest BCUT2D eigenvalue weighted by atomic mass is 10.2. The van der Waals surface area contributed by atoms with E-state index >= 15 is 0 Å². The second-order valence-corrected chi connectivity index (χ2v) is 9.30. The lowest BCUT2D eigenvalue weighted by Crippen LogP contribution is -2.27. The molecular formula is C25H19ClFNO3S2. The number of nitrogens with zero attached hydrogens (tertiary/aromatic N) is 1. The summed E-state index contributed by atoms with van der Waals surface area (Å²) >= 11 is 13.1. The number of ether oxygens (including phenoxy) is 2. The molecular weight excluding hydrogens is 481 g/mol. The molecule has 0 bridgehead atoms. The van der Waals surface area contributed by atoms with Gasteiger partial charge in [-0.15, -0.1) is 0 Å². The molecule has 168 valence electrons. The van der Waals surface area contributed by atoms with Crippen molar-refractivity contribution >= 4 is 51.9 Å². The Labute approximate surface area is 206 Å². The first-order chi connectivity index (χ1) is 15.9. The lowest BCUT2D eigenvalue weighted by Gasteiger charge is -2.14. The maximum Gasteiger partial charge on any atom is 0.266 e. The van der Waals surface area contributed by atoms with Gasteiger partial charge in [-0.05, 0) is 59.2 Å². The van der Waals surface area contributed by atoms with E-state index < -0.39 is 0 Å². The number of hydrogen-bond donors (Lipinski definition) is 0. The average Bonchev–Trinajstić information content (AvgIpc) is 3.07. The van der Waals surface area contributed by atoms with Crippen molar-refractivity contribution in [2.24, 2.45) is 0 Å². The summed E-state index contributed by atoms with van der Waals surface area (Å²) in [5.41, 5.74) is 2.55. The first kappa shape index (κ1) is 23.3. The molecule has 1 aliphatic rings. The molecule has 0 atom stereocenters. The fourth-order valence-corrected chi connectivity index (χ4v) is 4.67. The van der Waals surface area contributed by atoms with Crippen LogP contribution >= 0.6 is 35.6 Å². The Hall–Kier alpha value is -2.87. The van der Waals surface area contributed by atoms with Crippen LogP contribution in [0.3, 0.4) is 0 Å². The van der Waals surface area contributed by atoms with E-state index in [0.717, 1.165) is 22.4 Å². The quantitative estimate of drug-likeness (QED) is 0.275. The third-order valence-corrected chi connectivity index (χ3v) is 6.61. The van der Waals surface area contributed by atoms with E-state index in [4.69, 9.17) is 33.3 Å². The minimum absolute atomic E-state index is 0.145. The normalized spacial score (nSPS) is 14.8. The molecule has 0 aromatic heterocycles. The van der Waals surface area contributed by atoms with Gasteiger partial charge in [-0.3, -0.25) is 9.69 Å². The highest BCUT2D eigenvalue weighted by molar-refractivity contribution is 8.26. The van der Waals surface area contributed by atoms with Crippen LogP contribution in [-0.4, -0.2) is 22.2 Å². The van der Waals surface area contributed by atoms with Gasteiger partial charge in [0.15, 0.2) is 0 Å². The summed E-state index contributed by atoms with van der Waals surface area (Å²) in [6, 6.07) is 18.9. The Morgan fingerprint density at radius 1 is 1.06 bits per heavy atom. The molecule has 1 heterocycles. The number of thioether (sulfide) groups is 1. The second-order valence-electron chi connectivity index (χ2n) is 7.22. The van der Waals surface area contributed by atoms with Gasteiger partial charge in [0.1, 0.15) is 28.2 Å². The van der Waals surface area contributed by atoms with Gasteiger partial charge in [-0.2, -0.15) is 0 Å². The van der Waals surface area contributed by atoms with Gasteiger partial charge in [0.05, 0.1) is 23.6 Å². The minimum atomic E-state index is -0.296. The summed E-state index contributed by atoms with van der Waals surface area (Å²) < 4.78 is 24.4. The lowest BCUT2D eigenvalue weighted by molar-refractivity contribution is -0.122. The maximum atomic E-state index is 13.0. The zero-order chi connectivity index (χ0) is 23.4. The first-order valence-corrected chi connectivity index (χ1v) is 11.6. The molecule has 3 aromatic rings. The van der Waals surface area contributed by atoms with E-state index in [1.807, 2.05) is 30.3 Å². The van der Waals surface area contributed by atoms with Gasteiger partial charge in [0.2, 0.25) is 0 Å². The molecule has 1 saturated heterocycles. The molecule has 0 aliphatic carbocycles. The van der Waals surface area contributed by atoms with Crippen LogP contribution in [0.5, 0.6) is 11.5 Å². The number of methoxy groups -OCH3 is 1. The highest BCUT2D eigenvalue weighted by atomic mass is 35.5. The Balaban J connectivity index is 1.43. The summed E-state index contributed by atoms with van der Waals surface area (Å²) in [6.07, 6.45) is 1.77. The summed E-state index contributed by atoms with van der Waals surface area (Å²) in [5, 5.41) is 0.416. The van der Waals surface area contributed by atoms with Crippen molar-refractivity contribution in [3.05, 3.63) is 99.2 Å². The molecule has 3 aromatic carbocycles. The van der Waals surface area contributed by atoms with Gasteiger partial charge in [0, 0.05) is 0 Å². The van der Waals surface area contributed by atoms with Crippen LogP contribution in [0.2, 0.25) is 5.02 Å². The van der Waals surface area contributed by atoms with Gasteiger partial charge in [-0.1, -0.05) is 65.9 Å². The third kappa shape index (κ3) is 5.74.